The van der Waals surface area contributed by atoms with Crippen molar-refractivity contribution in [1.29, 1.82) is 0 Å². The van der Waals surface area contributed by atoms with Gasteiger partial charge in [-0.15, -0.1) is 0 Å². The standard InChI is InChI=1S/C20H32O3/c1-2-3-4-5-6-7-8-9-10-11-12-13-14-15-16-17-18-19(21)20(22)23/h6-7,9-10,12-13H,2-5,8,11,14-18H2,1H3,(H,22,23)/b7-6+,10-9+,13-12+. The minimum atomic E-state index is -1.31. The summed E-state index contributed by atoms with van der Waals surface area (Å²) in [5.74, 6) is -1.99. The Morgan fingerprint density at radius 2 is 1.26 bits per heavy atom. The molecule has 0 saturated carbocycles. The van der Waals surface area contributed by atoms with Crippen molar-refractivity contribution in [3.63, 3.8) is 0 Å². The molecule has 0 radical (unpaired) electrons. The molecule has 1 N–H and O–H groups in total. The molecule has 23 heavy (non-hydrogen) atoms. The maximum Gasteiger partial charge on any atom is 0.372 e. The predicted octanol–water partition coefficient (Wildman–Crippen LogP) is 5.62. The van der Waals surface area contributed by atoms with Crippen LogP contribution >= 0.6 is 0 Å². The number of ketones is 1. The predicted molar refractivity (Wildman–Crippen MR) is 96.5 cm³/mol. The fourth-order valence-electron chi connectivity index (χ4n) is 2.12. The first kappa shape index (κ1) is 21.4. The van der Waals surface area contributed by atoms with E-state index < -0.39 is 11.8 Å². The van der Waals surface area contributed by atoms with Gasteiger partial charge in [0.05, 0.1) is 0 Å². The van der Waals surface area contributed by atoms with E-state index in [9.17, 15) is 9.59 Å². The highest BCUT2D eigenvalue weighted by atomic mass is 16.4. The summed E-state index contributed by atoms with van der Waals surface area (Å²) < 4.78 is 0. The van der Waals surface area contributed by atoms with Crippen LogP contribution in [0, 0.1) is 0 Å². The number of aliphatic carboxylic acids is 1. The van der Waals surface area contributed by atoms with Crippen molar-refractivity contribution >= 4 is 11.8 Å². The van der Waals surface area contributed by atoms with Gasteiger partial charge in [-0.25, -0.2) is 4.79 Å². The first-order valence-electron chi connectivity index (χ1n) is 8.89. The third kappa shape index (κ3) is 16.6. The second-order valence-corrected chi connectivity index (χ2v) is 5.71. The molecule has 0 saturated heterocycles. The van der Waals surface area contributed by atoms with Crippen LogP contribution < -0.4 is 0 Å². The topological polar surface area (TPSA) is 54.4 Å². The zero-order valence-electron chi connectivity index (χ0n) is 14.5. The molecular weight excluding hydrogens is 288 g/mol. The van der Waals surface area contributed by atoms with E-state index in [1.165, 1.54) is 25.7 Å². The SMILES string of the molecule is CCCCC/C=C/C/C=C/C/C=C/CCCCCC(=O)C(=O)O. The molecule has 0 aromatic heterocycles. The molecule has 0 unspecified atom stereocenters. The van der Waals surface area contributed by atoms with Crippen LogP contribution in [0.3, 0.4) is 0 Å². The molecule has 3 heteroatoms. The summed E-state index contributed by atoms with van der Waals surface area (Å²) in [7, 11) is 0. The Bertz CT molecular complexity index is 392. The number of unbranched alkanes of at least 4 members (excludes halogenated alkanes) is 6. The molecule has 0 aliphatic rings. The van der Waals surface area contributed by atoms with E-state index in [0.717, 1.165) is 32.1 Å². The monoisotopic (exact) mass is 320 g/mol. The molecule has 0 aromatic rings. The summed E-state index contributed by atoms with van der Waals surface area (Å²) >= 11 is 0. The van der Waals surface area contributed by atoms with Crippen molar-refractivity contribution in [2.24, 2.45) is 0 Å². The van der Waals surface area contributed by atoms with Gasteiger partial charge >= 0.3 is 5.97 Å². The number of hydrogen-bond donors (Lipinski definition) is 1. The van der Waals surface area contributed by atoms with Crippen LogP contribution in [0.1, 0.15) is 77.6 Å². The first-order chi connectivity index (χ1) is 11.2. The van der Waals surface area contributed by atoms with Gasteiger partial charge in [0.2, 0.25) is 5.78 Å². The molecule has 0 fully saturated rings. The van der Waals surface area contributed by atoms with Crippen LogP contribution in [0.25, 0.3) is 0 Å². The second-order valence-electron chi connectivity index (χ2n) is 5.71. The number of Topliss-reactive ketones (excluding diaryl/α,β-unsaturated/α-hetero) is 1. The Balaban J connectivity index is 3.38. The normalized spacial score (nSPS) is 11.9. The van der Waals surface area contributed by atoms with E-state index in [4.69, 9.17) is 5.11 Å². The van der Waals surface area contributed by atoms with E-state index in [1.807, 2.05) is 0 Å². The fraction of sp³-hybridized carbons (Fsp3) is 0.600. The van der Waals surface area contributed by atoms with Crippen LogP contribution in [0.2, 0.25) is 0 Å². The Morgan fingerprint density at radius 3 is 1.78 bits per heavy atom. The molecule has 0 rings (SSSR count). The molecule has 0 spiro atoms. The average molecular weight is 320 g/mol. The summed E-state index contributed by atoms with van der Waals surface area (Å²) in [5, 5.41) is 8.44. The minimum absolute atomic E-state index is 0.160. The third-order valence-corrected chi connectivity index (χ3v) is 3.53. The Labute approximate surface area is 141 Å². The van der Waals surface area contributed by atoms with Crippen molar-refractivity contribution in [1.82, 2.24) is 0 Å². The molecule has 0 aromatic carbocycles. The lowest BCUT2D eigenvalue weighted by atomic mass is 10.1. The lowest BCUT2D eigenvalue weighted by molar-refractivity contribution is -0.149. The first-order valence-corrected chi connectivity index (χ1v) is 8.89. The van der Waals surface area contributed by atoms with Crippen LogP contribution in [0.15, 0.2) is 36.5 Å². The number of carbonyl (C=O) groups excluding carboxylic acids is 1. The molecule has 0 heterocycles. The summed E-state index contributed by atoms with van der Waals surface area (Å²) in [6.07, 6.45) is 24.0. The van der Waals surface area contributed by atoms with Gasteiger partial charge in [0.15, 0.2) is 0 Å². The van der Waals surface area contributed by atoms with Gasteiger partial charge in [-0.05, 0) is 44.9 Å². The maximum atomic E-state index is 10.9. The molecule has 3 nitrogen and oxygen atoms in total. The Morgan fingerprint density at radius 1 is 0.739 bits per heavy atom. The van der Waals surface area contributed by atoms with E-state index in [2.05, 4.69) is 43.4 Å². The van der Waals surface area contributed by atoms with E-state index in [1.54, 1.807) is 0 Å². The largest absolute Gasteiger partial charge is 0.476 e. The van der Waals surface area contributed by atoms with Crippen molar-refractivity contribution in [2.75, 3.05) is 0 Å². The van der Waals surface area contributed by atoms with Gasteiger partial charge in [-0.3, -0.25) is 4.79 Å². The fourth-order valence-corrected chi connectivity index (χ4v) is 2.12. The molecule has 0 amide bonds. The highest BCUT2D eigenvalue weighted by molar-refractivity contribution is 6.32. The molecule has 0 atom stereocenters. The zero-order chi connectivity index (χ0) is 17.2. The second kappa shape index (κ2) is 16.7. The van der Waals surface area contributed by atoms with Crippen LogP contribution in [-0.4, -0.2) is 16.9 Å². The van der Waals surface area contributed by atoms with Crippen LogP contribution in [0.5, 0.6) is 0 Å². The van der Waals surface area contributed by atoms with Crippen molar-refractivity contribution in [3.05, 3.63) is 36.5 Å². The number of carboxylic acid groups (broad SMARTS) is 1. The lowest BCUT2D eigenvalue weighted by Crippen LogP contribution is -2.11. The van der Waals surface area contributed by atoms with E-state index >= 15 is 0 Å². The molecule has 0 aliphatic heterocycles. The van der Waals surface area contributed by atoms with Gasteiger partial charge < -0.3 is 5.11 Å². The summed E-state index contributed by atoms with van der Waals surface area (Å²) in [6.45, 7) is 2.22. The zero-order valence-corrected chi connectivity index (χ0v) is 14.5. The summed E-state index contributed by atoms with van der Waals surface area (Å²) in [4.78, 5) is 21.2. The minimum Gasteiger partial charge on any atom is -0.476 e. The molecule has 130 valence electrons. The van der Waals surface area contributed by atoms with Crippen LogP contribution in [0.4, 0.5) is 0 Å². The van der Waals surface area contributed by atoms with E-state index in [-0.39, 0.29) is 6.42 Å². The average Bonchev–Trinajstić information content (AvgIpc) is 2.54. The Kier molecular flexibility index (Phi) is 15.5. The maximum absolute atomic E-state index is 10.9. The van der Waals surface area contributed by atoms with Gasteiger partial charge in [0.1, 0.15) is 0 Å². The quantitative estimate of drug-likeness (QED) is 0.242. The van der Waals surface area contributed by atoms with Crippen LogP contribution in [-0.2, 0) is 9.59 Å². The van der Waals surface area contributed by atoms with E-state index in [0.29, 0.717) is 6.42 Å². The number of allylic oxidation sites excluding steroid dienone is 6. The molecular formula is C20H32O3. The van der Waals surface area contributed by atoms with Gasteiger partial charge in [-0.1, -0.05) is 62.6 Å². The van der Waals surface area contributed by atoms with Gasteiger partial charge in [0.25, 0.3) is 0 Å². The van der Waals surface area contributed by atoms with Crippen molar-refractivity contribution < 1.29 is 14.7 Å². The molecule has 0 bridgehead atoms. The van der Waals surface area contributed by atoms with Crippen molar-refractivity contribution in [2.45, 2.75) is 77.6 Å². The van der Waals surface area contributed by atoms with Crippen molar-refractivity contribution in [3.8, 4) is 0 Å². The molecule has 0 aliphatic carbocycles. The lowest BCUT2D eigenvalue weighted by Gasteiger charge is -1.96. The highest BCUT2D eigenvalue weighted by Crippen LogP contribution is 2.05. The van der Waals surface area contributed by atoms with Gasteiger partial charge in [-0.2, -0.15) is 0 Å². The Hall–Kier alpha value is -1.64. The number of carboxylic acids is 1. The number of hydrogen-bond acceptors (Lipinski definition) is 2. The summed E-state index contributed by atoms with van der Waals surface area (Å²) in [5.41, 5.74) is 0. The smallest absolute Gasteiger partial charge is 0.372 e. The third-order valence-electron chi connectivity index (χ3n) is 3.53. The summed E-state index contributed by atoms with van der Waals surface area (Å²) in [6, 6.07) is 0. The number of carbonyl (C=O) groups is 2. The number of rotatable bonds is 15. The van der Waals surface area contributed by atoms with Gasteiger partial charge in [0, 0.05) is 6.42 Å². The highest BCUT2D eigenvalue weighted by Gasteiger charge is 2.09.